The van der Waals surface area contributed by atoms with Gasteiger partial charge in [-0.3, -0.25) is 0 Å². The topological polar surface area (TPSA) is 114 Å². The number of hydrogen-bond donors (Lipinski definition) is 1. The van der Waals surface area contributed by atoms with E-state index in [-0.39, 0.29) is 5.92 Å². The Balaban J connectivity index is 1.45. The van der Waals surface area contributed by atoms with Gasteiger partial charge in [0.05, 0.1) is 11.9 Å². The average molecular weight is 383 g/mol. The Morgan fingerprint density at radius 3 is 2.54 bits per heavy atom. The lowest BCUT2D eigenvalue weighted by molar-refractivity contribution is 0.306. The van der Waals surface area contributed by atoms with Gasteiger partial charge in [0.25, 0.3) is 0 Å². The maximum absolute atomic E-state index is 11.6. The monoisotopic (exact) mass is 383 g/mol. The minimum absolute atomic E-state index is 0.153. The molecule has 3 rings (SSSR count). The van der Waals surface area contributed by atoms with E-state index in [1.54, 1.807) is 0 Å². The van der Waals surface area contributed by atoms with Gasteiger partial charge in [0, 0.05) is 44.1 Å². The zero-order valence-electron chi connectivity index (χ0n) is 15.4. The van der Waals surface area contributed by atoms with Crippen molar-refractivity contribution in [3.63, 3.8) is 0 Å². The quantitative estimate of drug-likeness (QED) is 0.708. The molecule has 0 unspecified atom stereocenters. The molecule has 0 spiro atoms. The highest BCUT2D eigenvalue weighted by atomic mass is 32.2. The molecule has 1 aliphatic heterocycles. The second-order valence-corrected chi connectivity index (χ2v) is 8.69. The summed E-state index contributed by atoms with van der Waals surface area (Å²) in [7, 11) is -3.12. The van der Waals surface area contributed by atoms with Gasteiger partial charge in [-0.25, -0.2) is 12.7 Å². The first-order valence-electron chi connectivity index (χ1n) is 8.74. The molecule has 9 nitrogen and oxygen atoms in total. The summed E-state index contributed by atoms with van der Waals surface area (Å²) < 4.78 is 35.1. The Labute approximate surface area is 153 Å². The van der Waals surface area contributed by atoms with Crippen LogP contribution in [0.2, 0.25) is 0 Å². The van der Waals surface area contributed by atoms with E-state index in [9.17, 15) is 8.42 Å². The predicted octanol–water partition coefficient (Wildman–Crippen LogP) is 1.15. The fourth-order valence-corrected chi connectivity index (χ4v) is 4.02. The van der Waals surface area contributed by atoms with Gasteiger partial charge in [-0.2, -0.15) is 4.98 Å². The third-order valence-corrected chi connectivity index (χ3v) is 6.07. The number of rotatable bonds is 7. The Kier molecular flexibility index (Phi) is 5.73. The molecule has 0 bridgehead atoms. The minimum atomic E-state index is -3.12. The fraction of sp³-hybridized carbons (Fsp3) is 0.688. The number of nitrogens with zero attached hydrogens (tertiary/aromatic N) is 4. The van der Waals surface area contributed by atoms with E-state index in [1.807, 2.05) is 13.8 Å². The molecule has 26 heavy (non-hydrogen) atoms. The zero-order chi connectivity index (χ0) is 18.7. The standard InChI is InChI=1S/C16H25N5O4S/c1-11-14(12(2)24-19-11)10-17-7-4-15-18-16(20-25-15)13-5-8-21(9-6-13)26(3,22)23/h13,17H,4-10H2,1-3H3. The third-order valence-electron chi connectivity index (χ3n) is 4.77. The first-order chi connectivity index (χ1) is 12.3. The van der Waals surface area contributed by atoms with Gasteiger partial charge < -0.3 is 14.4 Å². The van der Waals surface area contributed by atoms with Crippen LogP contribution in [0, 0.1) is 13.8 Å². The highest BCUT2D eigenvalue weighted by Crippen LogP contribution is 2.27. The van der Waals surface area contributed by atoms with Crippen molar-refractivity contribution in [2.24, 2.45) is 0 Å². The Bertz CT molecular complexity index is 817. The number of hydrogen-bond acceptors (Lipinski definition) is 8. The minimum Gasteiger partial charge on any atom is -0.361 e. The van der Waals surface area contributed by atoms with Gasteiger partial charge in [-0.05, 0) is 26.7 Å². The lowest BCUT2D eigenvalue weighted by Crippen LogP contribution is -2.37. The summed E-state index contributed by atoms with van der Waals surface area (Å²) in [5, 5.41) is 11.3. The smallest absolute Gasteiger partial charge is 0.227 e. The van der Waals surface area contributed by atoms with Gasteiger partial charge in [-0.15, -0.1) is 0 Å². The molecule has 0 amide bonds. The van der Waals surface area contributed by atoms with Crippen molar-refractivity contribution < 1.29 is 17.5 Å². The van der Waals surface area contributed by atoms with Crippen LogP contribution in [0.25, 0.3) is 0 Å². The predicted molar refractivity (Wildman–Crippen MR) is 94.1 cm³/mol. The number of aryl methyl sites for hydroxylation is 2. The SMILES string of the molecule is Cc1noc(C)c1CNCCc1nc(C2CCN(S(C)(=O)=O)CC2)no1. The molecule has 0 saturated carbocycles. The zero-order valence-corrected chi connectivity index (χ0v) is 16.2. The number of piperidine rings is 1. The van der Waals surface area contributed by atoms with E-state index in [4.69, 9.17) is 9.05 Å². The van der Waals surface area contributed by atoms with Crippen LogP contribution in [0.4, 0.5) is 0 Å². The van der Waals surface area contributed by atoms with Crippen molar-refractivity contribution in [1.82, 2.24) is 24.9 Å². The number of nitrogens with one attached hydrogen (secondary N) is 1. The van der Waals surface area contributed by atoms with Gasteiger partial charge >= 0.3 is 0 Å². The summed E-state index contributed by atoms with van der Waals surface area (Å²) in [5.74, 6) is 2.26. The maximum atomic E-state index is 11.6. The van der Waals surface area contributed by atoms with Crippen molar-refractivity contribution in [2.75, 3.05) is 25.9 Å². The van der Waals surface area contributed by atoms with Crippen LogP contribution >= 0.6 is 0 Å². The molecule has 0 aliphatic carbocycles. The highest BCUT2D eigenvalue weighted by Gasteiger charge is 2.28. The molecule has 10 heteroatoms. The molecule has 144 valence electrons. The van der Waals surface area contributed by atoms with Gasteiger partial charge in [0.15, 0.2) is 5.82 Å². The molecule has 1 saturated heterocycles. The van der Waals surface area contributed by atoms with Crippen molar-refractivity contribution in [3.8, 4) is 0 Å². The molecule has 0 aromatic carbocycles. The Morgan fingerprint density at radius 1 is 1.19 bits per heavy atom. The summed E-state index contributed by atoms with van der Waals surface area (Å²) >= 11 is 0. The van der Waals surface area contributed by atoms with E-state index in [0.29, 0.717) is 44.3 Å². The van der Waals surface area contributed by atoms with Gasteiger partial charge in [0.2, 0.25) is 15.9 Å². The second kappa shape index (κ2) is 7.85. The molecule has 2 aromatic heterocycles. The van der Waals surface area contributed by atoms with Crippen LogP contribution in [0.3, 0.4) is 0 Å². The van der Waals surface area contributed by atoms with E-state index in [2.05, 4.69) is 20.6 Å². The molecule has 1 fully saturated rings. The normalized spacial score (nSPS) is 17.0. The average Bonchev–Trinajstić information content (AvgIpc) is 3.19. The maximum Gasteiger partial charge on any atom is 0.227 e. The van der Waals surface area contributed by atoms with Crippen molar-refractivity contribution >= 4 is 10.0 Å². The summed E-state index contributed by atoms with van der Waals surface area (Å²) in [6.45, 7) is 6.23. The van der Waals surface area contributed by atoms with E-state index >= 15 is 0 Å². The van der Waals surface area contributed by atoms with Gasteiger partial charge in [0.1, 0.15) is 5.76 Å². The first-order valence-corrected chi connectivity index (χ1v) is 10.6. The molecular formula is C16H25N5O4S. The van der Waals surface area contributed by atoms with E-state index in [1.165, 1.54) is 10.6 Å². The highest BCUT2D eigenvalue weighted by molar-refractivity contribution is 7.88. The Morgan fingerprint density at radius 2 is 1.92 bits per heavy atom. The van der Waals surface area contributed by atoms with Crippen LogP contribution in [0.5, 0.6) is 0 Å². The molecular weight excluding hydrogens is 358 g/mol. The largest absolute Gasteiger partial charge is 0.361 e. The van der Waals surface area contributed by atoms with Crippen LogP contribution in [0.15, 0.2) is 9.05 Å². The summed E-state index contributed by atoms with van der Waals surface area (Å²) in [5.41, 5.74) is 1.98. The fourth-order valence-electron chi connectivity index (χ4n) is 3.14. The molecule has 3 heterocycles. The summed E-state index contributed by atoms with van der Waals surface area (Å²) in [6, 6.07) is 0. The van der Waals surface area contributed by atoms with Crippen LogP contribution < -0.4 is 5.32 Å². The van der Waals surface area contributed by atoms with Crippen LogP contribution in [-0.4, -0.2) is 53.9 Å². The van der Waals surface area contributed by atoms with Crippen LogP contribution in [-0.2, 0) is 23.0 Å². The third kappa shape index (κ3) is 4.49. The summed E-state index contributed by atoms with van der Waals surface area (Å²) in [4.78, 5) is 4.47. The molecule has 0 radical (unpaired) electrons. The number of aromatic nitrogens is 3. The molecule has 2 aromatic rings. The summed E-state index contributed by atoms with van der Waals surface area (Å²) in [6.07, 6.45) is 3.32. The second-order valence-electron chi connectivity index (χ2n) is 6.71. The number of sulfonamides is 1. The van der Waals surface area contributed by atoms with Gasteiger partial charge in [-0.1, -0.05) is 10.3 Å². The van der Waals surface area contributed by atoms with Crippen molar-refractivity contribution in [2.45, 2.75) is 45.6 Å². The van der Waals surface area contributed by atoms with E-state index < -0.39 is 10.0 Å². The Hall–Kier alpha value is -1.78. The van der Waals surface area contributed by atoms with E-state index in [0.717, 1.165) is 29.9 Å². The lowest BCUT2D eigenvalue weighted by atomic mass is 9.97. The van der Waals surface area contributed by atoms with Crippen molar-refractivity contribution in [3.05, 3.63) is 28.7 Å². The molecule has 1 N–H and O–H groups in total. The lowest BCUT2D eigenvalue weighted by Gasteiger charge is -2.28. The van der Waals surface area contributed by atoms with Crippen LogP contribution in [0.1, 0.15) is 47.5 Å². The first kappa shape index (κ1) is 19.0. The molecule has 1 aliphatic rings. The molecule has 0 atom stereocenters. The van der Waals surface area contributed by atoms with Crippen molar-refractivity contribution in [1.29, 1.82) is 0 Å².